The second kappa shape index (κ2) is 7.57. The number of amides is 1. The highest BCUT2D eigenvalue weighted by Gasteiger charge is 2.09. The molecular weight excluding hydrogens is 318 g/mol. The van der Waals surface area contributed by atoms with E-state index >= 15 is 0 Å². The first kappa shape index (κ1) is 16.6. The van der Waals surface area contributed by atoms with E-state index in [-0.39, 0.29) is 18.6 Å². The summed E-state index contributed by atoms with van der Waals surface area (Å²) in [6, 6.07) is 10.7. The molecule has 0 saturated heterocycles. The van der Waals surface area contributed by atoms with Crippen LogP contribution in [0, 0.1) is 0 Å². The molecular formula is C18H19N5O2. The Bertz CT molecular complexity index is 828. The monoisotopic (exact) mass is 337 g/mol. The molecule has 2 heterocycles. The van der Waals surface area contributed by atoms with Gasteiger partial charge < -0.3 is 10.1 Å². The predicted molar refractivity (Wildman–Crippen MR) is 93.0 cm³/mol. The molecule has 0 aliphatic rings. The van der Waals surface area contributed by atoms with E-state index in [9.17, 15) is 4.79 Å². The zero-order valence-electron chi connectivity index (χ0n) is 14.1. The number of rotatable bonds is 6. The maximum atomic E-state index is 12.2. The molecule has 0 aliphatic carbocycles. The van der Waals surface area contributed by atoms with Crippen molar-refractivity contribution in [3.63, 3.8) is 0 Å². The van der Waals surface area contributed by atoms with Crippen LogP contribution in [0.5, 0.6) is 5.75 Å². The lowest BCUT2D eigenvalue weighted by Gasteiger charge is -2.10. The first-order chi connectivity index (χ1) is 12.1. The van der Waals surface area contributed by atoms with Gasteiger partial charge in [0.2, 0.25) is 0 Å². The average Bonchev–Trinajstić information content (AvgIpc) is 3.10. The van der Waals surface area contributed by atoms with Crippen molar-refractivity contribution >= 4 is 5.91 Å². The van der Waals surface area contributed by atoms with E-state index in [1.807, 2.05) is 26.0 Å². The Hall–Kier alpha value is -3.22. The number of hydrogen-bond acceptors (Lipinski definition) is 5. The van der Waals surface area contributed by atoms with Gasteiger partial charge in [-0.05, 0) is 50.2 Å². The largest absolute Gasteiger partial charge is 0.491 e. The van der Waals surface area contributed by atoms with Gasteiger partial charge in [-0.3, -0.25) is 14.9 Å². The Kier molecular flexibility index (Phi) is 5.03. The third kappa shape index (κ3) is 4.41. The van der Waals surface area contributed by atoms with E-state index in [2.05, 4.69) is 25.5 Å². The van der Waals surface area contributed by atoms with Gasteiger partial charge in [-0.2, -0.15) is 5.10 Å². The Labute approximate surface area is 145 Å². The van der Waals surface area contributed by atoms with Crippen molar-refractivity contribution in [3.05, 3.63) is 60.2 Å². The quantitative estimate of drug-likeness (QED) is 0.721. The molecule has 0 fully saturated rings. The SMILES string of the molecule is CC(C)Oc1ccc(C(=O)NCc2nc(-c3ccncc3)n[nH]2)cc1. The normalized spacial score (nSPS) is 10.7. The number of nitrogens with zero attached hydrogens (tertiary/aromatic N) is 3. The summed E-state index contributed by atoms with van der Waals surface area (Å²) in [4.78, 5) is 20.5. The molecule has 25 heavy (non-hydrogen) atoms. The van der Waals surface area contributed by atoms with Gasteiger partial charge in [0.05, 0.1) is 12.6 Å². The van der Waals surface area contributed by atoms with Crippen LogP contribution >= 0.6 is 0 Å². The van der Waals surface area contributed by atoms with Crippen LogP contribution in [0.3, 0.4) is 0 Å². The number of ether oxygens (including phenoxy) is 1. The van der Waals surface area contributed by atoms with Gasteiger partial charge in [0.15, 0.2) is 5.82 Å². The van der Waals surface area contributed by atoms with Gasteiger partial charge in [0, 0.05) is 23.5 Å². The topological polar surface area (TPSA) is 92.8 Å². The lowest BCUT2D eigenvalue weighted by Crippen LogP contribution is -2.23. The van der Waals surface area contributed by atoms with Crippen molar-refractivity contribution in [3.8, 4) is 17.1 Å². The minimum atomic E-state index is -0.182. The van der Waals surface area contributed by atoms with Gasteiger partial charge in [0.1, 0.15) is 11.6 Å². The van der Waals surface area contributed by atoms with Crippen molar-refractivity contribution in [2.24, 2.45) is 0 Å². The van der Waals surface area contributed by atoms with Crippen LogP contribution in [0.2, 0.25) is 0 Å². The number of H-pyrrole nitrogens is 1. The molecule has 0 spiro atoms. The molecule has 0 saturated carbocycles. The number of pyridine rings is 1. The summed E-state index contributed by atoms with van der Waals surface area (Å²) < 4.78 is 5.56. The van der Waals surface area contributed by atoms with E-state index in [0.717, 1.165) is 11.3 Å². The molecule has 1 aromatic carbocycles. The van der Waals surface area contributed by atoms with E-state index in [4.69, 9.17) is 4.74 Å². The van der Waals surface area contributed by atoms with E-state index < -0.39 is 0 Å². The minimum Gasteiger partial charge on any atom is -0.491 e. The van der Waals surface area contributed by atoms with Crippen LogP contribution in [0.1, 0.15) is 30.0 Å². The van der Waals surface area contributed by atoms with Crippen molar-refractivity contribution < 1.29 is 9.53 Å². The van der Waals surface area contributed by atoms with Crippen LogP contribution in [0.15, 0.2) is 48.8 Å². The Balaban J connectivity index is 1.58. The molecule has 3 rings (SSSR count). The lowest BCUT2D eigenvalue weighted by atomic mass is 10.2. The van der Waals surface area contributed by atoms with Crippen LogP contribution in [0.4, 0.5) is 0 Å². The predicted octanol–water partition coefficient (Wildman–Crippen LogP) is 2.58. The average molecular weight is 337 g/mol. The van der Waals surface area contributed by atoms with Crippen LogP contribution < -0.4 is 10.1 Å². The van der Waals surface area contributed by atoms with Crippen molar-refractivity contribution in [2.75, 3.05) is 0 Å². The molecule has 0 radical (unpaired) electrons. The number of aromatic amines is 1. The maximum Gasteiger partial charge on any atom is 0.251 e. The third-order valence-corrected chi connectivity index (χ3v) is 3.37. The summed E-state index contributed by atoms with van der Waals surface area (Å²) in [5.74, 6) is 1.71. The van der Waals surface area contributed by atoms with Crippen LogP contribution in [-0.2, 0) is 6.54 Å². The van der Waals surface area contributed by atoms with Gasteiger partial charge in [-0.15, -0.1) is 0 Å². The molecule has 7 heteroatoms. The lowest BCUT2D eigenvalue weighted by molar-refractivity contribution is 0.0950. The summed E-state index contributed by atoms with van der Waals surface area (Å²) in [6.45, 7) is 4.18. The fourth-order valence-electron chi connectivity index (χ4n) is 2.23. The van der Waals surface area contributed by atoms with E-state index in [1.165, 1.54) is 0 Å². The Morgan fingerprint density at radius 2 is 1.88 bits per heavy atom. The zero-order chi connectivity index (χ0) is 17.6. The highest BCUT2D eigenvalue weighted by molar-refractivity contribution is 5.94. The van der Waals surface area contributed by atoms with E-state index in [0.29, 0.717) is 17.2 Å². The molecule has 3 aromatic rings. The number of nitrogens with one attached hydrogen (secondary N) is 2. The summed E-state index contributed by atoms with van der Waals surface area (Å²) in [5.41, 5.74) is 1.43. The summed E-state index contributed by atoms with van der Waals surface area (Å²) in [5, 5.41) is 9.78. The highest BCUT2D eigenvalue weighted by atomic mass is 16.5. The van der Waals surface area contributed by atoms with Crippen molar-refractivity contribution in [2.45, 2.75) is 26.5 Å². The molecule has 0 bridgehead atoms. The molecule has 0 unspecified atom stereocenters. The molecule has 7 nitrogen and oxygen atoms in total. The van der Waals surface area contributed by atoms with Gasteiger partial charge >= 0.3 is 0 Å². The Morgan fingerprint density at radius 1 is 1.16 bits per heavy atom. The fraction of sp³-hybridized carbons (Fsp3) is 0.222. The van der Waals surface area contributed by atoms with E-state index in [1.54, 1.807) is 36.7 Å². The maximum absolute atomic E-state index is 12.2. The first-order valence-electron chi connectivity index (χ1n) is 7.98. The van der Waals surface area contributed by atoms with Gasteiger partial charge in [-0.25, -0.2) is 4.98 Å². The number of benzene rings is 1. The third-order valence-electron chi connectivity index (χ3n) is 3.37. The standard InChI is InChI=1S/C18H19N5O2/c1-12(2)25-15-5-3-14(4-6-15)18(24)20-11-16-21-17(23-22-16)13-7-9-19-10-8-13/h3-10,12H,11H2,1-2H3,(H,20,24)(H,21,22,23). The molecule has 1 amide bonds. The number of aromatic nitrogens is 4. The van der Waals surface area contributed by atoms with Crippen molar-refractivity contribution in [1.29, 1.82) is 0 Å². The number of carbonyl (C=O) groups excluding carboxylic acids is 1. The Morgan fingerprint density at radius 3 is 2.56 bits per heavy atom. The summed E-state index contributed by atoms with van der Waals surface area (Å²) >= 11 is 0. The van der Waals surface area contributed by atoms with Gasteiger partial charge in [-0.1, -0.05) is 0 Å². The molecule has 0 aliphatic heterocycles. The first-order valence-corrected chi connectivity index (χ1v) is 7.98. The van der Waals surface area contributed by atoms with Gasteiger partial charge in [0.25, 0.3) is 5.91 Å². The molecule has 2 aromatic heterocycles. The second-order valence-electron chi connectivity index (χ2n) is 5.72. The number of hydrogen-bond donors (Lipinski definition) is 2. The van der Waals surface area contributed by atoms with Crippen molar-refractivity contribution in [1.82, 2.24) is 25.5 Å². The molecule has 2 N–H and O–H groups in total. The van der Waals surface area contributed by atoms with Crippen LogP contribution in [0.25, 0.3) is 11.4 Å². The summed E-state index contributed by atoms with van der Waals surface area (Å²) in [7, 11) is 0. The smallest absolute Gasteiger partial charge is 0.251 e. The second-order valence-corrected chi connectivity index (χ2v) is 5.72. The minimum absolute atomic E-state index is 0.0979. The zero-order valence-corrected chi connectivity index (χ0v) is 14.1. The number of carbonyl (C=O) groups is 1. The van der Waals surface area contributed by atoms with Crippen LogP contribution in [-0.4, -0.2) is 32.2 Å². The molecule has 0 atom stereocenters. The fourth-order valence-corrected chi connectivity index (χ4v) is 2.23. The highest BCUT2D eigenvalue weighted by Crippen LogP contribution is 2.14. The summed E-state index contributed by atoms with van der Waals surface area (Å²) in [6.07, 6.45) is 3.46. The molecule has 128 valence electrons.